The van der Waals surface area contributed by atoms with Gasteiger partial charge in [-0.1, -0.05) is 0 Å². The Bertz CT molecular complexity index is 565. The van der Waals surface area contributed by atoms with E-state index in [9.17, 15) is 13.2 Å². The first-order chi connectivity index (χ1) is 8.95. The summed E-state index contributed by atoms with van der Waals surface area (Å²) in [7, 11) is -2.05. The number of nitrogens with zero attached hydrogens (tertiary/aromatic N) is 1. The molecule has 1 aliphatic heterocycles. The first-order valence-corrected chi connectivity index (χ1v) is 8.12. The minimum absolute atomic E-state index is 0.00359. The Balaban J connectivity index is 2.23. The molecule has 0 saturated carbocycles. The smallest absolute Gasteiger partial charge is 0.336 e. The second-order valence-corrected chi connectivity index (χ2v) is 7.40. The van der Waals surface area contributed by atoms with Crippen molar-refractivity contribution in [1.82, 2.24) is 4.31 Å². The van der Waals surface area contributed by atoms with Crippen molar-refractivity contribution < 1.29 is 23.1 Å². The van der Waals surface area contributed by atoms with Crippen molar-refractivity contribution in [2.45, 2.75) is 23.2 Å². The van der Waals surface area contributed by atoms with E-state index in [4.69, 9.17) is 9.84 Å². The van der Waals surface area contributed by atoms with E-state index in [1.807, 2.05) is 0 Å². The molecule has 0 spiro atoms. The van der Waals surface area contributed by atoms with Gasteiger partial charge in [0.25, 0.3) is 10.0 Å². The van der Waals surface area contributed by atoms with Crippen molar-refractivity contribution in [3.63, 3.8) is 0 Å². The molecular weight excluding hydrogens is 290 g/mol. The number of piperidine rings is 1. The maximum absolute atomic E-state index is 12.4. The highest BCUT2D eigenvalue weighted by Gasteiger charge is 2.31. The number of methoxy groups -OCH3 is 1. The third-order valence-corrected chi connectivity index (χ3v) is 6.37. The van der Waals surface area contributed by atoms with Gasteiger partial charge in [0.15, 0.2) is 0 Å². The van der Waals surface area contributed by atoms with Gasteiger partial charge in [0.05, 0.1) is 11.7 Å². The van der Waals surface area contributed by atoms with E-state index >= 15 is 0 Å². The molecule has 0 radical (unpaired) electrons. The van der Waals surface area contributed by atoms with Crippen LogP contribution in [0.5, 0.6) is 0 Å². The highest BCUT2D eigenvalue weighted by atomic mass is 32.2. The molecule has 1 aromatic heterocycles. The summed E-state index contributed by atoms with van der Waals surface area (Å²) in [5.41, 5.74) is 0.00359. The highest BCUT2D eigenvalue weighted by Crippen LogP contribution is 2.26. The highest BCUT2D eigenvalue weighted by molar-refractivity contribution is 7.91. The molecule has 0 aromatic carbocycles. The summed E-state index contributed by atoms with van der Waals surface area (Å²) in [5.74, 6) is -1.12. The predicted molar refractivity (Wildman–Crippen MR) is 70.1 cm³/mol. The second-order valence-electron chi connectivity index (χ2n) is 4.32. The van der Waals surface area contributed by atoms with Crippen molar-refractivity contribution in [3.05, 3.63) is 17.0 Å². The minimum atomic E-state index is -3.61. The fraction of sp³-hybridized carbons (Fsp3) is 0.545. The van der Waals surface area contributed by atoms with Gasteiger partial charge >= 0.3 is 5.97 Å². The van der Waals surface area contributed by atoms with Gasteiger partial charge in [-0.15, -0.1) is 11.3 Å². The average Bonchev–Trinajstić information content (AvgIpc) is 2.89. The van der Waals surface area contributed by atoms with E-state index in [0.29, 0.717) is 13.1 Å². The number of rotatable bonds is 4. The first kappa shape index (κ1) is 14.4. The molecule has 0 aliphatic carbocycles. The van der Waals surface area contributed by atoms with Gasteiger partial charge in [-0.05, 0) is 18.9 Å². The predicted octanol–water partition coefficient (Wildman–Crippen LogP) is 1.25. The molecule has 1 N–H and O–H groups in total. The summed E-state index contributed by atoms with van der Waals surface area (Å²) < 4.78 is 31.4. The molecule has 1 fully saturated rings. The van der Waals surface area contributed by atoms with Crippen LogP contribution >= 0.6 is 11.3 Å². The van der Waals surface area contributed by atoms with Crippen LogP contribution in [0.1, 0.15) is 23.2 Å². The van der Waals surface area contributed by atoms with Gasteiger partial charge in [0, 0.05) is 25.6 Å². The van der Waals surface area contributed by atoms with Crippen molar-refractivity contribution in [1.29, 1.82) is 0 Å². The van der Waals surface area contributed by atoms with Gasteiger partial charge in [-0.25, -0.2) is 13.2 Å². The lowest BCUT2D eigenvalue weighted by atomic mass is 10.1. The van der Waals surface area contributed by atoms with Gasteiger partial charge in [0.2, 0.25) is 0 Å². The van der Waals surface area contributed by atoms with Gasteiger partial charge in [-0.3, -0.25) is 0 Å². The van der Waals surface area contributed by atoms with E-state index in [1.54, 1.807) is 7.11 Å². The van der Waals surface area contributed by atoms with Crippen LogP contribution in [0.15, 0.2) is 15.7 Å². The number of carboxylic acid groups (broad SMARTS) is 1. The molecule has 8 heteroatoms. The van der Waals surface area contributed by atoms with Crippen molar-refractivity contribution in [2.24, 2.45) is 0 Å². The molecule has 0 bridgehead atoms. The van der Waals surface area contributed by atoms with Gasteiger partial charge in [-0.2, -0.15) is 4.31 Å². The van der Waals surface area contributed by atoms with Gasteiger partial charge in [0.1, 0.15) is 4.21 Å². The number of ether oxygens (including phenoxy) is 1. The van der Waals surface area contributed by atoms with E-state index in [0.717, 1.165) is 24.2 Å². The summed E-state index contributed by atoms with van der Waals surface area (Å²) in [6.45, 7) is 0.766. The zero-order chi connectivity index (χ0) is 14.0. The molecule has 19 heavy (non-hydrogen) atoms. The molecule has 2 rings (SSSR count). The SMILES string of the molecule is COC1CCCN(S(=O)(=O)c2cc(C(=O)O)cs2)C1. The van der Waals surface area contributed by atoms with E-state index < -0.39 is 16.0 Å². The summed E-state index contributed by atoms with van der Waals surface area (Å²) in [4.78, 5) is 10.8. The molecule has 0 amide bonds. The Labute approximate surface area is 115 Å². The number of carbonyl (C=O) groups is 1. The fourth-order valence-electron chi connectivity index (χ4n) is 2.01. The molecule has 1 atom stereocenters. The lowest BCUT2D eigenvalue weighted by Crippen LogP contribution is -2.42. The lowest BCUT2D eigenvalue weighted by molar-refractivity contribution is 0.0572. The number of thiophene rings is 1. The van der Waals surface area contributed by atoms with Crippen LogP contribution in [0, 0.1) is 0 Å². The molecule has 2 heterocycles. The van der Waals surface area contributed by atoms with Crippen LogP contribution < -0.4 is 0 Å². The van der Waals surface area contributed by atoms with Crippen LogP contribution in [-0.2, 0) is 14.8 Å². The largest absolute Gasteiger partial charge is 0.478 e. The molecule has 1 unspecified atom stereocenters. The minimum Gasteiger partial charge on any atom is -0.478 e. The normalized spacial score (nSPS) is 21.4. The summed E-state index contributed by atoms with van der Waals surface area (Å²) in [6, 6.07) is 1.21. The average molecular weight is 305 g/mol. The number of carboxylic acids is 1. The van der Waals surface area contributed by atoms with Crippen molar-refractivity contribution >= 4 is 27.3 Å². The van der Waals surface area contributed by atoms with Crippen LogP contribution in [0.4, 0.5) is 0 Å². The van der Waals surface area contributed by atoms with Crippen molar-refractivity contribution in [2.75, 3.05) is 20.2 Å². The zero-order valence-electron chi connectivity index (χ0n) is 10.4. The molecule has 1 aliphatic rings. The zero-order valence-corrected chi connectivity index (χ0v) is 12.0. The van der Waals surface area contributed by atoms with Gasteiger partial charge < -0.3 is 9.84 Å². The van der Waals surface area contributed by atoms with E-state index in [-0.39, 0.29) is 15.9 Å². The molecule has 6 nitrogen and oxygen atoms in total. The Hall–Kier alpha value is -0.960. The summed E-state index contributed by atoms with van der Waals surface area (Å²) in [6.07, 6.45) is 1.49. The Morgan fingerprint density at radius 3 is 2.89 bits per heavy atom. The number of sulfonamides is 1. The molecule has 106 valence electrons. The Morgan fingerprint density at radius 1 is 1.58 bits per heavy atom. The molecule has 1 saturated heterocycles. The number of hydrogen-bond acceptors (Lipinski definition) is 5. The van der Waals surface area contributed by atoms with E-state index in [1.165, 1.54) is 15.8 Å². The first-order valence-electron chi connectivity index (χ1n) is 5.80. The maximum atomic E-state index is 12.4. The summed E-state index contributed by atoms with van der Waals surface area (Å²) in [5, 5.41) is 10.2. The van der Waals surface area contributed by atoms with Crippen LogP contribution in [0.25, 0.3) is 0 Å². The standard InChI is InChI=1S/C11H15NO5S2/c1-17-9-3-2-4-12(6-9)19(15,16)10-5-8(7-18-10)11(13)14/h5,7,9H,2-4,6H2,1H3,(H,13,14). The Kier molecular flexibility index (Phi) is 4.24. The second kappa shape index (κ2) is 5.58. The monoisotopic (exact) mass is 305 g/mol. The van der Waals surface area contributed by atoms with Crippen LogP contribution in [0.3, 0.4) is 0 Å². The Morgan fingerprint density at radius 2 is 2.32 bits per heavy atom. The number of aromatic carboxylic acids is 1. The third-order valence-electron chi connectivity index (χ3n) is 3.09. The maximum Gasteiger partial charge on any atom is 0.336 e. The fourth-order valence-corrected chi connectivity index (χ4v) is 4.82. The van der Waals surface area contributed by atoms with Crippen LogP contribution in [0.2, 0.25) is 0 Å². The van der Waals surface area contributed by atoms with E-state index in [2.05, 4.69) is 0 Å². The third kappa shape index (κ3) is 2.97. The van der Waals surface area contributed by atoms with Crippen molar-refractivity contribution in [3.8, 4) is 0 Å². The quantitative estimate of drug-likeness (QED) is 0.905. The topological polar surface area (TPSA) is 83.9 Å². The lowest BCUT2D eigenvalue weighted by Gasteiger charge is -2.30. The number of hydrogen-bond donors (Lipinski definition) is 1. The molecular formula is C11H15NO5S2. The molecule has 1 aromatic rings. The summed E-state index contributed by atoms with van der Waals surface area (Å²) >= 11 is 0.936. The van der Waals surface area contributed by atoms with Crippen LogP contribution in [-0.4, -0.2) is 50.1 Å².